The number of nitrogens with two attached hydrogens (primary N) is 1. The highest BCUT2D eigenvalue weighted by molar-refractivity contribution is 5.76. The largest absolute Gasteiger partial charge is 0.423 e. The van der Waals surface area contributed by atoms with Gasteiger partial charge < -0.3 is 10.2 Å². The van der Waals surface area contributed by atoms with E-state index in [2.05, 4.69) is 0 Å². The summed E-state index contributed by atoms with van der Waals surface area (Å²) in [5.74, 6) is 0. The Kier molecular flexibility index (Phi) is 2.56. The van der Waals surface area contributed by atoms with E-state index < -0.39 is 0 Å². The Bertz CT molecular complexity index is 528. The molecule has 0 spiro atoms. The smallest absolute Gasteiger partial charge is 0.336 e. The quantitative estimate of drug-likeness (QED) is 0.755. The molecule has 15 heavy (non-hydrogen) atoms. The molecule has 0 aliphatic carbocycles. The molecule has 2 N–H and O–H groups in total. The molecule has 0 bridgehead atoms. The van der Waals surface area contributed by atoms with Gasteiger partial charge in [0.2, 0.25) is 0 Å². The van der Waals surface area contributed by atoms with Crippen molar-refractivity contribution in [1.82, 2.24) is 0 Å². The molecule has 0 saturated carbocycles. The molecule has 2 rings (SSSR count). The minimum absolute atomic E-state index is 0.137. The van der Waals surface area contributed by atoms with Crippen LogP contribution >= 0.6 is 0 Å². The first-order chi connectivity index (χ1) is 7.15. The van der Waals surface area contributed by atoms with Gasteiger partial charge in [0, 0.05) is 17.5 Å². The fourth-order valence-corrected chi connectivity index (χ4v) is 1.62. The molecule has 0 aliphatic rings. The van der Waals surface area contributed by atoms with Gasteiger partial charge in [-0.15, -0.1) is 0 Å². The highest BCUT2D eigenvalue weighted by Crippen LogP contribution is 2.14. The van der Waals surface area contributed by atoms with Gasteiger partial charge in [-0.05, 0) is 37.1 Å². The molecule has 0 aliphatic heterocycles. The Hall–Kier alpha value is -1.61. The third kappa shape index (κ3) is 2.25. The first kappa shape index (κ1) is 9.93. The van der Waals surface area contributed by atoms with E-state index in [0.717, 1.165) is 17.4 Å². The van der Waals surface area contributed by atoms with Crippen molar-refractivity contribution in [1.29, 1.82) is 0 Å². The first-order valence-corrected chi connectivity index (χ1v) is 4.93. The third-order valence-corrected chi connectivity index (χ3v) is 2.24. The maximum Gasteiger partial charge on any atom is 0.336 e. The Morgan fingerprint density at radius 2 is 2.13 bits per heavy atom. The highest BCUT2D eigenvalue weighted by Gasteiger charge is 2.01. The number of hydrogen-bond donors (Lipinski definition) is 1. The van der Waals surface area contributed by atoms with Gasteiger partial charge in [-0.25, -0.2) is 4.79 Å². The van der Waals surface area contributed by atoms with E-state index >= 15 is 0 Å². The third-order valence-electron chi connectivity index (χ3n) is 2.24. The minimum Gasteiger partial charge on any atom is -0.423 e. The average molecular weight is 203 g/mol. The van der Waals surface area contributed by atoms with Gasteiger partial charge in [-0.2, -0.15) is 0 Å². The SMILES string of the molecule is CC(N)Cc1ccc2oc(=O)ccc2c1. The molecule has 0 fully saturated rings. The molecule has 1 heterocycles. The summed E-state index contributed by atoms with van der Waals surface area (Å²) in [6.07, 6.45) is 0.828. The van der Waals surface area contributed by atoms with Crippen LogP contribution in [0.5, 0.6) is 0 Å². The molecule has 1 aromatic heterocycles. The average Bonchev–Trinajstić information content (AvgIpc) is 2.17. The van der Waals surface area contributed by atoms with Crippen LogP contribution in [0.2, 0.25) is 0 Å². The second-order valence-corrected chi connectivity index (χ2v) is 3.81. The van der Waals surface area contributed by atoms with Gasteiger partial charge in [0.1, 0.15) is 5.58 Å². The lowest BCUT2D eigenvalue weighted by atomic mass is 10.1. The number of rotatable bonds is 2. The molecule has 3 heteroatoms. The lowest BCUT2D eigenvalue weighted by Gasteiger charge is -2.05. The molecule has 78 valence electrons. The van der Waals surface area contributed by atoms with Crippen LogP contribution in [0.15, 0.2) is 39.5 Å². The van der Waals surface area contributed by atoms with Crippen LogP contribution in [-0.4, -0.2) is 6.04 Å². The predicted octanol–water partition coefficient (Wildman–Crippen LogP) is 1.68. The fraction of sp³-hybridized carbons (Fsp3) is 0.250. The van der Waals surface area contributed by atoms with Crippen molar-refractivity contribution in [3.05, 3.63) is 46.3 Å². The lowest BCUT2D eigenvalue weighted by molar-refractivity contribution is 0.561. The van der Waals surface area contributed by atoms with Crippen LogP contribution in [0.1, 0.15) is 12.5 Å². The summed E-state index contributed by atoms with van der Waals surface area (Å²) in [4.78, 5) is 11.0. The van der Waals surface area contributed by atoms with Crippen molar-refractivity contribution in [2.24, 2.45) is 5.73 Å². The Balaban J connectivity index is 2.47. The molecular weight excluding hydrogens is 190 g/mol. The van der Waals surface area contributed by atoms with Crippen LogP contribution in [0, 0.1) is 0 Å². The van der Waals surface area contributed by atoms with Gasteiger partial charge >= 0.3 is 5.63 Å². The summed E-state index contributed by atoms with van der Waals surface area (Å²) in [5.41, 5.74) is 7.18. The number of fused-ring (bicyclic) bond motifs is 1. The molecule has 0 radical (unpaired) electrons. The van der Waals surface area contributed by atoms with Crippen LogP contribution < -0.4 is 11.4 Å². The van der Waals surface area contributed by atoms with Crippen molar-refractivity contribution >= 4 is 11.0 Å². The molecule has 1 aromatic carbocycles. The summed E-state index contributed by atoms with van der Waals surface area (Å²) >= 11 is 0. The van der Waals surface area contributed by atoms with Gasteiger partial charge in [-0.1, -0.05) is 6.07 Å². The van der Waals surface area contributed by atoms with Gasteiger partial charge in [-0.3, -0.25) is 0 Å². The van der Waals surface area contributed by atoms with Crippen LogP contribution in [0.4, 0.5) is 0 Å². The minimum atomic E-state index is -0.317. The molecule has 0 saturated heterocycles. The summed E-state index contributed by atoms with van der Waals surface area (Å²) in [5, 5.41) is 0.938. The lowest BCUT2D eigenvalue weighted by Crippen LogP contribution is -2.17. The molecule has 2 aromatic rings. The normalized spacial score (nSPS) is 12.9. The Morgan fingerprint density at radius 1 is 1.33 bits per heavy atom. The van der Waals surface area contributed by atoms with Crippen molar-refractivity contribution < 1.29 is 4.42 Å². The van der Waals surface area contributed by atoms with E-state index in [1.165, 1.54) is 6.07 Å². The molecule has 3 nitrogen and oxygen atoms in total. The van der Waals surface area contributed by atoms with Gasteiger partial charge in [0.25, 0.3) is 0 Å². The van der Waals surface area contributed by atoms with E-state index in [9.17, 15) is 4.79 Å². The van der Waals surface area contributed by atoms with Crippen LogP contribution in [-0.2, 0) is 6.42 Å². The highest BCUT2D eigenvalue weighted by atomic mass is 16.4. The predicted molar refractivity (Wildman–Crippen MR) is 59.8 cm³/mol. The zero-order chi connectivity index (χ0) is 10.8. The summed E-state index contributed by atoms with van der Waals surface area (Å²) in [6.45, 7) is 1.97. The monoisotopic (exact) mass is 203 g/mol. The standard InChI is InChI=1S/C12H13NO2/c1-8(13)6-9-2-4-11-10(7-9)3-5-12(14)15-11/h2-5,7-8H,6,13H2,1H3. The maximum atomic E-state index is 11.0. The second-order valence-electron chi connectivity index (χ2n) is 3.81. The summed E-state index contributed by atoms with van der Waals surface area (Å²) in [7, 11) is 0. The topological polar surface area (TPSA) is 56.2 Å². The molecule has 0 amide bonds. The number of hydrogen-bond acceptors (Lipinski definition) is 3. The summed E-state index contributed by atoms with van der Waals surface area (Å²) in [6, 6.07) is 9.09. The van der Waals surface area contributed by atoms with Gasteiger partial charge in [0.05, 0.1) is 0 Å². The van der Waals surface area contributed by atoms with E-state index in [0.29, 0.717) is 5.58 Å². The van der Waals surface area contributed by atoms with Crippen LogP contribution in [0.25, 0.3) is 11.0 Å². The molecular formula is C12H13NO2. The maximum absolute atomic E-state index is 11.0. The molecule has 1 atom stereocenters. The zero-order valence-electron chi connectivity index (χ0n) is 8.57. The zero-order valence-corrected chi connectivity index (χ0v) is 8.57. The summed E-state index contributed by atoms with van der Waals surface area (Å²) < 4.78 is 5.03. The van der Waals surface area contributed by atoms with E-state index in [4.69, 9.17) is 10.2 Å². The Morgan fingerprint density at radius 3 is 2.87 bits per heavy atom. The Labute approximate surface area is 87.5 Å². The van der Waals surface area contributed by atoms with E-state index in [1.54, 1.807) is 6.07 Å². The first-order valence-electron chi connectivity index (χ1n) is 4.93. The molecule has 1 unspecified atom stereocenters. The fourth-order valence-electron chi connectivity index (χ4n) is 1.62. The van der Waals surface area contributed by atoms with E-state index in [-0.39, 0.29) is 11.7 Å². The van der Waals surface area contributed by atoms with Crippen LogP contribution in [0.3, 0.4) is 0 Å². The van der Waals surface area contributed by atoms with E-state index in [1.807, 2.05) is 25.1 Å². The van der Waals surface area contributed by atoms with Crippen molar-refractivity contribution in [2.75, 3.05) is 0 Å². The van der Waals surface area contributed by atoms with Crippen molar-refractivity contribution in [3.63, 3.8) is 0 Å². The van der Waals surface area contributed by atoms with Gasteiger partial charge in [0.15, 0.2) is 0 Å². The van der Waals surface area contributed by atoms with Crippen molar-refractivity contribution in [3.8, 4) is 0 Å². The van der Waals surface area contributed by atoms with Crippen molar-refractivity contribution in [2.45, 2.75) is 19.4 Å². The second kappa shape index (κ2) is 3.87. The number of benzene rings is 1.